The van der Waals surface area contributed by atoms with Gasteiger partial charge in [-0.2, -0.15) is 0 Å². The van der Waals surface area contributed by atoms with Gasteiger partial charge in [0.05, 0.1) is 16.7 Å². The number of thioether (sulfide) groups is 1. The van der Waals surface area contributed by atoms with Crippen LogP contribution < -0.4 is 15.0 Å². The lowest BCUT2D eigenvalue weighted by Crippen LogP contribution is -2.32. The molecule has 0 amide bonds. The summed E-state index contributed by atoms with van der Waals surface area (Å²) in [5.74, 6) is 0. The highest BCUT2D eigenvalue weighted by Crippen LogP contribution is 2.47. The van der Waals surface area contributed by atoms with Gasteiger partial charge in [0.15, 0.2) is 4.96 Å². The van der Waals surface area contributed by atoms with E-state index in [0.717, 1.165) is 38.2 Å². The Morgan fingerprint density at radius 1 is 1.20 bits per heavy atom. The second-order valence-electron chi connectivity index (χ2n) is 5.72. The Kier molecular flexibility index (Phi) is 3.35. The standard InChI is InChI=1S/C18H12ClN3OS2/c1-2-21-13-9-10(19)7-8-14(13)24-16(21)15-17(23)25-18-20-11-5-3-4-6-12(11)22(15)18/h3-9H,2H2,1H3. The zero-order valence-corrected chi connectivity index (χ0v) is 15.6. The molecule has 0 fully saturated rings. The Balaban J connectivity index is 1.91. The van der Waals surface area contributed by atoms with Crippen molar-refractivity contribution in [2.24, 2.45) is 0 Å². The molecule has 0 bridgehead atoms. The molecule has 0 saturated heterocycles. The fourth-order valence-electron chi connectivity index (χ4n) is 3.24. The third kappa shape index (κ3) is 2.14. The monoisotopic (exact) mass is 385 g/mol. The van der Waals surface area contributed by atoms with Gasteiger partial charge in [-0.1, -0.05) is 46.8 Å². The first kappa shape index (κ1) is 15.3. The van der Waals surface area contributed by atoms with Crippen molar-refractivity contribution >= 4 is 61.4 Å². The van der Waals surface area contributed by atoms with Gasteiger partial charge in [-0.05, 0) is 37.3 Å². The van der Waals surface area contributed by atoms with Crippen LogP contribution in [0.2, 0.25) is 5.02 Å². The zero-order valence-electron chi connectivity index (χ0n) is 13.2. The van der Waals surface area contributed by atoms with Gasteiger partial charge < -0.3 is 4.90 Å². The lowest BCUT2D eigenvalue weighted by molar-refractivity contribution is 1.03. The molecule has 0 N–H and O–H groups in total. The molecule has 0 unspecified atom stereocenters. The van der Waals surface area contributed by atoms with Crippen LogP contribution in [0.25, 0.3) is 21.0 Å². The summed E-state index contributed by atoms with van der Waals surface area (Å²) < 4.78 is 2.02. The quantitative estimate of drug-likeness (QED) is 0.496. The number of imidazole rings is 1. The largest absolute Gasteiger partial charge is 0.333 e. The molecule has 0 atom stereocenters. The molecule has 3 heterocycles. The van der Waals surface area contributed by atoms with Gasteiger partial charge in [0, 0.05) is 16.5 Å². The van der Waals surface area contributed by atoms with Crippen LogP contribution in [-0.4, -0.2) is 15.9 Å². The first-order chi connectivity index (χ1) is 12.2. The fraction of sp³-hybridized carbons (Fsp3) is 0.111. The maximum Gasteiger partial charge on any atom is 0.262 e. The van der Waals surface area contributed by atoms with E-state index in [2.05, 4.69) is 16.8 Å². The summed E-state index contributed by atoms with van der Waals surface area (Å²) in [6.45, 7) is 2.84. The van der Waals surface area contributed by atoms with Crippen molar-refractivity contribution in [3.8, 4) is 0 Å². The van der Waals surface area contributed by atoms with E-state index in [0.29, 0.717) is 10.4 Å². The Bertz CT molecular complexity index is 1260. The summed E-state index contributed by atoms with van der Waals surface area (Å²) in [5, 5.41) is 2.33. The minimum absolute atomic E-state index is 0.0353. The smallest absolute Gasteiger partial charge is 0.262 e. The Morgan fingerprint density at radius 3 is 2.88 bits per heavy atom. The number of halogens is 1. The van der Waals surface area contributed by atoms with Gasteiger partial charge in [0.25, 0.3) is 4.74 Å². The van der Waals surface area contributed by atoms with Crippen molar-refractivity contribution in [2.45, 2.75) is 11.8 Å². The average Bonchev–Trinajstić information content (AvgIpc) is 3.22. The molecule has 7 heteroatoms. The lowest BCUT2D eigenvalue weighted by atomic mass is 10.3. The Labute approximate surface area is 156 Å². The molecule has 2 aromatic carbocycles. The second kappa shape index (κ2) is 5.49. The summed E-state index contributed by atoms with van der Waals surface area (Å²) in [6.07, 6.45) is 0. The number of rotatable bonds is 1. The summed E-state index contributed by atoms with van der Waals surface area (Å²) in [6, 6.07) is 13.8. The Morgan fingerprint density at radius 2 is 2.04 bits per heavy atom. The van der Waals surface area contributed by atoms with E-state index >= 15 is 0 Å². The first-order valence-electron chi connectivity index (χ1n) is 7.86. The summed E-state index contributed by atoms with van der Waals surface area (Å²) in [7, 11) is 0. The summed E-state index contributed by atoms with van der Waals surface area (Å²) >= 11 is 9.00. The van der Waals surface area contributed by atoms with Gasteiger partial charge in [-0.15, -0.1) is 0 Å². The molecular formula is C18H12ClN3OS2. The minimum Gasteiger partial charge on any atom is -0.333 e. The minimum atomic E-state index is 0.0353. The predicted octanol–water partition coefficient (Wildman–Crippen LogP) is 3.98. The van der Waals surface area contributed by atoms with Crippen LogP contribution in [0.4, 0.5) is 5.69 Å². The van der Waals surface area contributed by atoms with Crippen molar-refractivity contribution in [3.05, 3.63) is 62.4 Å². The molecule has 0 aliphatic carbocycles. The molecular weight excluding hydrogens is 374 g/mol. The number of nitrogens with zero attached hydrogens (tertiary/aromatic N) is 3. The number of anilines is 1. The number of benzene rings is 2. The van der Waals surface area contributed by atoms with E-state index in [4.69, 9.17) is 11.6 Å². The molecule has 4 nitrogen and oxygen atoms in total. The van der Waals surface area contributed by atoms with Crippen LogP contribution in [0, 0.1) is 0 Å². The average molecular weight is 386 g/mol. The molecule has 25 heavy (non-hydrogen) atoms. The van der Waals surface area contributed by atoms with Crippen LogP contribution >= 0.6 is 34.7 Å². The van der Waals surface area contributed by atoms with E-state index in [1.165, 1.54) is 11.3 Å². The predicted molar refractivity (Wildman–Crippen MR) is 106 cm³/mol. The van der Waals surface area contributed by atoms with E-state index in [1.54, 1.807) is 11.8 Å². The molecule has 0 spiro atoms. The molecule has 4 aromatic rings. The van der Waals surface area contributed by atoms with Gasteiger partial charge in [-0.3, -0.25) is 9.20 Å². The topological polar surface area (TPSA) is 37.6 Å². The zero-order chi connectivity index (χ0) is 17.1. The lowest BCUT2D eigenvalue weighted by Gasteiger charge is -2.17. The number of para-hydroxylation sites is 2. The molecule has 5 rings (SSSR count). The first-order valence-corrected chi connectivity index (χ1v) is 9.87. The van der Waals surface area contributed by atoms with E-state index in [9.17, 15) is 4.79 Å². The van der Waals surface area contributed by atoms with Gasteiger partial charge in [-0.25, -0.2) is 4.98 Å². The number of fused-ring (bicyclic) bond motifs is 4. The third-order valence-electron chi connectivity index (χ3n) is 4.31. The van der Waals surface area contributed by atoms with Crippen LogP contribution in [0.15, 0.2) is 52.2 Å². The maximum absolute atomic E-state index is 12.8. The van der Waals surface area contributed by atoms with Gasteiger partial charge >= 0.3 is 0 Å². The fourth-order valence-corrected chi connectivity index (χ4v) is 5.58. The second-order valence-corrected chi connectivity index (χ2v) is 8.13. The molecule has 1 aliphatic heterocycles. The van der Waals surface area contributed by atoms with Crippen LogP contribution in [0.5, 0.6) is 0 Å². The highest BCUT2D eigenvalue weighted by Gasteiger charge is 2.27. The molecule has 2 aromatic heterocycles. The molecule has 0 saturated carbocycles. The van der Waals surface area contributed by atoms with E-state index in [-0.39, 0.29) is 4.74 Å². The van der Waals surface area contributed by atoms with Crippen LogP contribution in [0.3, 0.4) is 0 Å². The van der Waals surface area contributed by atoms with Crippen molar-refractivity contribution in [3.63, 3.8) is 0 Å². The summed E-state index contributed by atoms with van der Waals surface area (Å²) in [5.41, 5.74) is 2.92. The van der Waals surface area contributed by atoms with Crippen molar-refractivity contribution in [1.82, 2.24) is 9.38 Å². The number of thiazole rings is 1. The number of hydrogen-bond donors (Lipinski definition) is 0. The summed E-state index contributed by atoms with van der Waals surface area (Å²) in [4.78, 5) is 21.4. The maximum atomic E-state index is 12.8. The van der Waals surface area contributed by atoms with Crippen LogP contribution in [0.1, 0.15) is 6.92 Å². The normalized spacial score (nSPS) is 16.2. The number of aromatic nitrogens is 2. The van der Waals surface area contributed by atoms with Crippen molar-refractivity contribution in [1.29, 1.82) is 0 Å². The highest BCUT2D eigenvalue weighted by molar-refractivity contribution is 8.08. The third-order valence-corrected chi connectivity index (χ3v) is 6.56. The Hall–Kier alpha value is -2.02. The van der Waals surface area contributed by atoms with E-state index < -0.39 is 0 Å². The van der Waals surface area contributed by atoms with Crippen molar-refractivity contribution in [2.75, 3.05) is 11.4 Å². The molecule has 1 aliphatic rings. The van der Waals surface area contributed by atoms with E-state index in [1.807, 2.05) is 46.9 Å². The van der Waals surface area contributed by atoms with Crippen molar-refractivity contribution < 1.29 is 0 Å². The van der Waals surface area contributed by atoms with Gasteiger partial charge in [0.1, 0.15) is 10.4 Å². The molecule has 124 valence electrons. The molecule has 0 radical (unpaired) electrons. The van der Waals surface area contributed by atoms with Gasteiger partial charge in [0.2, 0.25) is 0 Å². The highest BCUT2D eigenvalue weighted by atomic mass is 35.5. The van der Waals surface area contributed by atoms with Crippen LogP contribution in [-0.2, 0) is 0 Å². The SMILES string of the molecule is CCN1C(=c2c(=O)sc3nc4ccccc4n23)Sc2ccc(Cl)cc21. The number of hydrogen-bond acceptors (Lipinski definition) is 5.